The molecule has 1 heterocycles. The summed E-state index contributed by atoms with van der Waals surface area (Å²) >= 11 is 0. The molecule has 1 aliphatic rings. The second-order valence-electron chi connectivity index (χ2n) is 9.49. The monoisotopic (exact) mass is 439 g/mol. The van der Waals surface area contributed by atoms with Crippen LogP contribution in [0.1, 0.15) is 70.9 Å². The lowest BCUT2D eigenvalue weighted by molar-refractivity contribution is -0.155. The molecule has 3 atom stereocenters. The van der Waals surface area contributed by atoms with Crippen molar-refractivity contribution < 1.29 is 19.4 Å². The van der Waals surface area contributed by atoms with Crippen molar-refractivity contribution >= 4 is 11.7 Å². The summed E-state index contributed by atoms with van der Waals surface area (Å²) in [6.07, 6.45) is 3.75. The van der Waals surface area contributed by atoms with E-state index in [1.54, 1.807) is 6.07 Å². The van der Waals surface area contributed by atoms with Gasteiger partial charge in [0, 0.05) is 35.3 Å². The molecule has 5 heteroatoms. The summed E-state index contributed by atoms with van der Waals surface area (Å²) in [6.45, 7) is 10.1. The molecular formula is C27H37NO4. The number of carbonyl (C=O) groups is 1. The van der Waals surface area contributed by atoms with Crippen molar-refractivity contribution in [1.29, 1.82) is 0 Å². The van der Waals surface area contributed by atoms with Crippen LogP contribution < -0.4 is 10.1 Å². The van der Waals surface area contributed by atoms with Crippen LogP contribution in [-0.2, 0) is 16.0 Å². The van der Waals surface area contributed by atoms with Gasteiger partial charge in [-0.15, -0.1) is 0 Å². The van der Waals surface area contributed by atoms with Crippen LogP contribution in [0.2, 0.25) is 0 Å². The summed E-state index contributed by atoms with van der Waals surface area (Å²) in [4.78, 5) is 12.7. The normalized spacial score (nSPS) is 18.9. The van der Waals surface area contributed by atoms with Crippen molar-refractivity contribution in [2.45, 2.75) is 78.4 Å². The molecule has 3 rings (SSSR count). The predicted octanol–water partition coefficient (Wildman–Crippen LogP) is 6.06. The van der Waals surface area contributed by atoms with Crippen molar-refractivity contribution in [3.05, 3.63) is 53.6 Å². The molecule has 3 unspecified atom stereocenters. The van der Waals surface area contributed by atoms with E-state index in [2.05, 4.69) is 43.4 Å². The Bertz CT molecular complexity index is 909. The van der Waals surface area contributed by atoms with Crippen LogP contribution in [0.15, 0.2) is 42.5 Å². The van der Waals surface area contributed by atoms with Gasteiger partial charge in [-0.25, -0.2) is 0 Å². The average Bonchev–Trinajstić information content (AvgIpc) is 2.73. The maximum absolute atomic E-state index is 12.7. The molecule has 0 saturated heterocycles. The van der Waals surface area contributed by atoms with Gasteiger partial charge in [0.2, 0.25) is 0 Å². The highest BCUT2D eigenvalue weighted by Gasteiger charge is 2.44. The van der Waals surface area contributed by atoms with E-state index < -0.39 is 5.41 Å². The standard InChI is InChI=1S/C27H37NO4/c1-6-31-26(30)27(4,5)22-15-18(2)28-23-16-21(17-24(29)25(22)23)32-19(3)11-10-14-20-12-8-7-9-13-20/h7-9,12-13,16-19,22,28-29H,6,10-11,14-15H2,1-5H3. The molecule has 2 aromatic rings. The Balaban J connectivity index is 1.72. The fourth-order valence-electron chi connectivity index (χ4n) is 4.61. The number of anilines is 1. The number of hydrogen-bond acceptors (Lipinski definition) is 5. The lowest BCUT2D eigenvalue weighted by Gasteiger charge is -2.40. The maximum atomic E-state index is 12.7. The highest BCUT2D eigenvalue weighted by molar-refractivity contribution is 5.79. The third-order valence-electron chi connectivity index (χ3n) is 6.40. The number of ether oxygens (including phenoxy) is 2. The quantitative estimate of drug-likeness (QED) is 0.465. The first-order chi connectivity index (χ1) is 15.2. The minimum absolute atomic E-state index is 0.0314. The van der Waals surface area contributed by atoms with Crippen molar-refractivity contribution in [2.75, 3.05) is 11.9 Å². The van der Waals surface area contributed by atoms with Gasteiger partial charge in [0.1, 0.15) is 11.5 Å². The Morgan fingerprint density at radius 1 is 1.25 bits per heavy atom. The van der Waals surface area contributed by atoms with Crippen LogP contribution >= 0.6 is 0 Å². The third-order valence-corrected chi connectivity index (χ3v) is 6.40. The van der Waals surface area contributed by atoms with E-state index in [0.29, 0.717) is 12.4 Å². The Labute approximate surface area is 192 Å². The second-order valence-corrected chi connectivity index (χ2v) is 9.49. The number of phenolic OH excluding ortho intramolecular Hbond substituents is 1. The van der Waals surface area contributed by atoms with Crippen molar-refractivity contribution in [3.8, 4) is 11.5 Å². The highest BCUT2D eigenvalue weighted by atomic mass is 16.5. The van der Waals surface area contributed by atoms with E-state index in [9.17, 15) is 9.90 Å². The van der Waals surface area contributed by atoms with E-state index in [1.165, 1.54) is 5.56 Å². The first-order valence-electron chi connectivity index (χ1n) is 11.7. The number of aryl methyl sites for hydroxylation is 1. The van der Waals surface area contributed by atoms with Crippen molar-refractivity contribution in [1.82, 2.24) is 0 Å². The van der Waals surface area contributed by atoms with Crippen LogP contribution in [0.5, 0.6) is 11.5 Å². The lowest BCUT2D eigenvalue weighted by atomic mass is 9.69. The zero-order valence-electron chi connectivity index (χ0n) is 20.0. The van der Waals surface area contributed by atoms with Crippen LogP contribution in [0, 0.1) is 5.41 Å². The predicted molar refractivity (Wildman–Crippen MR) is 128 cm³/mol. The van der Waals surface area contributed by atoms with E-state index in [0.717, 1.165) is 36.9 Å². The van der Waals surface area contributed by atoms with E-state index in [4.69, 9.17) is 9.47 Å². The van der Waals surface area contributed by atoms with E-state index >= 15 is 0 Å². The molecule has 0 fully saturated rings. The number of hydrogen-bond donors (Lipinski definition) is 2. The zero-order valence-corrected chi connectivity index (χ0v) is 20.0. The minimum Gasteiger partial charge on any atom is -0.507 e. The first-order valence-corrected chi connectivity index (χ1v) is 11.7. The minimum atomic E-state index is -0.744. The number of esters is 1. The number of fused-ring (bicyclic) bond motifs is 1. The van der Waals surface area contributed by atoms with Gasteiger partial charge in [-0.05, 0) is 65.9 Å². The molecule has 0 amide bonds. The number of carbonyl (C=O) groups excluding carboxylic acids is 1. The maximum Gasteiger partial charge on any atom is 0.312 e. The van der Waals surface area contributed by atoms with Gasteiger partial charge in [0.15, 0.2) is 0 Å². The summed E-state index contributed by atoms with van der Waals surface area (Å²) in [5.41, 5.74) is 2.19. The van der Waals surface area contributed by atoms with E-state index in [-0.39, 0.29) is 29.8 Å². The Morgan fingerprint density at radius 3 is 2.66 bits per heavy atom. The van der Waals surface area contributed by atoms with Crippen molar-refractivity contribution in [3.63, 3.8) is 0 Å². The first kappa shape index (κ1) is 24.0. The number of nitrogens with one attached hydrogen (secondary N) is 1. The molecule has 1 aliphatic heterocycles. The molecule has 32 heavy (non-hydrogen) atoms. The van der Waals surface area contributed by atoms with Gasteiger partial charge in [-0.2, -0.15) is 0 Å². The van der Waals surface area contributed by atoms with Gasteiger partial charge in [-0.3, -0.25) is 4.79 Å². The Morgan fingerprint density at radius 2 is 1.97 bits per heavy atom. The lowest BCUT2D eigenvalue weighted by Crippen LogP contribution is -2.39. The van der Waals surface area contributed by atoms with Crippen LogP contribution in [0.3, 0.4) is 0 Å². The molecule has 0 aromatic heterocycles. The molecule has 2 aromatic carbocycles. The van der Waals surface area contributed by atoms with Crippen LogP contribution in [-0.4, -0.2) is 29.8 Å². The third kappa shape index (κ3) is 5.56. The molecule has 0 aliphatic carbocycles. The van der Waals surface area contributed by atoms with E-state index in [1.807, 2.05) is 32.9 Å². The second kappa shape index (κ2) is 10.3. The molecule has 0 spiro atoms. The highest BCUT2D eigenvalue weighted by Crippen LogP contribution is 2.50. The smallest absolute Gasteiger partial charge is 0.312 e. The van der Waals surface area contributed by atoms with Gasteiger partial charge >= 0.3 is 5.97 Å². The summed E-state index contributed by atoms with van der Waals surface area (Å²) in [6, 6.07) is 14.3. The fraction of sp³-hybridized carbons (Fsp3) is 0.519. The summed E-state index contributed by atoms with van der Waals surface area (Å²) in [5.74, 6) is 0.417. The van der Waals surface area contributed by atoms with Crippen LogP contribution in [0.25, 0.3) is 0 Å². The Hall–Kier alpha value is -2.69. The number of aromatic hydroxyl groups is 1. The summed E-state index contributed by atoms with van der Waals surface area (Å²) in [7, 11) is 0. The molecule has 0 saturated carbocycles. The van der Waals surface area contributed by atoms with Gasteiger partial charge in [0.05, 0.1) is 18.1 Å². The zero-order chi connectivity index (χ0) is 23.3. The molecule has 5 nitrogen and oxygen atoms in total. The summed E-state index contributed by atoms with van der Waals surface area (Å²) in [5, 5.41) is 14.4. The Kier molecular flexibility index (Phi) is 7.70. The molecular weight excluding hydrogens is 402 g/mol. The largest absolute Gasteiger partial charge is 0.507 e. The van der Waals surface area contributed by atoms with Crippen LogP contribution in [0.4, 0.5) is 5.69 Å². The number of phenols is 1. The number of rotatable bonds is 9. The average molecular weight is 440 g/mol. The van der Waals surface area contributed by atoms with Crippen molar-refractivity contribution in [2.24, 2.45) is 5.41 Å². The van der Waals surface area contributed by atoms with Gasteiger partial charge in [0.25, 0.3) is 0 Å². The molecule has 2 N–H and O–H groups in total. The molecule has 0 bridgehead atoms. The topological polar surface area (TPSA) is 67.8 Å². The van der Waals surface area contributed by atoms with Gasteiger partial charge in [-0.1, -0.05) is 30.3 Å². The summed E-state index contributed by atoms with van der Waals surface area (Å²) < 4.78 is 11.5. The fourth-order valence-corrected chi connectivity index (χ4v) is 4.61. The van der Waals surface area contributed by atoms with Gasteiger partial charge < -0.3 is 19.9 Å². The number of benzene rings is 2. The molecule has 0 radical (unpaired) electrons. The SMILES string of the molecule is CCOC(=O)C(C)(C)C1CC(C)Nc2cc(OC(C)CCCc3ccccc3)cc(O)c21. The molecule has 174 valence electrons.